The van der Waals surface area contributed by atoms with Crippen LogP contribution in [0.2, 0.25) is 5.02 Å². The predicted octanol–water partition coefficient (Wildman–Crippen LogP) is 4.97. The molecule has 2 aromatic rings. The van der Waals surface area contributed by atoms with Gasteiger partial charge in [0.05, 0.1) is 11.3 Å². The van der Waals surface area contributed by atoms with Gasteiger partial charge in [0.1, 0.15) is 23.5 Å². The Labute approximate surface area is 163 Å². The summed E-state index contributed by atoms with van der Waals surface area (Å²) in [4.78, 5) is 2.17. The third-order valence-electron chi connectivity index (χ3n) is 5.59. The zero-order chi connectivity index (χ0) is 19.1. The van der Waals surface area contributed by atoms with Crippen LogP contribution in [0.5, 0.6) is 5.75 Å². The highest BCUT2D eigenvalue weighted by Gasteiger charge is 2.38. The molecule has 144 valence electrons. The molecule has 2 aromatic carbocycles. The van der Waals surface area contributed by atoms with Crippen molar-refractivity contribution >= 4 is 17.3 Å². The molecule has 0 saturated carbocycles. The largest absolute Gasteiger partial charge is 0.487 e. The summed E-state index contributed by atoms with van der Waals surface area (Å²) >= 11 is 5.80. The van der Waals surface area contributed by atoms with Crippen LogP contribution in [0.15, 0.2) is 24.3 Å². The lowest BCUT2D eigenvalue weighted by Crippen LogP contribution is -2.37. The van der Waals surface area contributed by atoms with Crippen molar-refractivity contribution in [1.82, 2.24) is 5.32 Å². The van der Waals surface area contributed by atoms with Gasteiger partial charge in [-0.3, -0.25) is 0 Å². The van der Waals surface area contributed by atoms with E-state index in [1.54, 1.807) is 0 Å². The molecule has 1 saturated heterocycles. The van der Waals surface area contributed by atoms with Gasteiger partial charge in [-0.05, 0) is 56.6 Å². The molecule has 0 aromatic heterocycles. The second-order valence-corrected chi connectivity index (χ2v) is 7.52. The van der Waals surface area contributed by atoms with Gasteiger partial charge in [0.25, 0.3) is 0 Å². The smallest absolute Gasteiger partial charge is 0.146 e. The maximum atomic E-state index is 14.6. The molecule has 1 fully saturated rings. The van der Waals surface area contributed by atoms with E-state index >= 15 is 0 Å². The number of hydrogen-bond donors (Lipinski definition) is 1. The van der Waals surface area contributed by atoms with E-state index in [-0.39, 0.29) is 22.6 Å². The summed E-state index contributed by atoms with van der Waals surface area (Å²) in [5.41, 5.74) is 2.41. The Bertz CT molecular complexity index is 846. The van der Waals surface area contributed by atoms with Gasteiger partial charge >= 0.3 is 0 Å². The Kier molecular flexibility index (Phi) is 4.99. The Morgan fingerprint density at radius 3 is 2.52 bits per heavy atom. The first-order chi connectivity index (χ1) is 13.0. The minimum Gasteiger partial charge on any atom is -0.487 e. The molecule has 2 atom stereocenters. The molecular weight excluding hydrogens is 370 g/mol. The van der Waals surface area contributed by atoms with E-state index in [0.717, 1.165) is 61.7 Å². The number of halogens is 3. The molecule has 2 heterocycles. The molecule has 27 heavy (non-hydrogen) atoms. The summed E-state index contributed by atoms with van der Waals surface area (Å²) in [5, 5.41) is 3.46. The maximum Gasteiger partial charge on any atom is 0.146 e. The molecule has 1 unspecified atom stereocenters. The van der Waals surface area contributed by atoms with Crippen LogP contribution in [0, 0.1) is 11.6 Å². The lowest BCUT2D eigenvalue weighted by atomic mass is 9.88. The lowest BCUT2D eigenvalue weighted by molar-refractivity contribution is 0.172. The van der Waals surface area contributed by atoms with E-state index in [1.807, 2.05) is 12.1 Å². The molecule has 3 nitrogen and oxygen atoms in total. The number of nitrogens with zero attached hydrogens (tertiary/aromatic N) is 1. The fourth-order valence-electron chi connectivity index (χ4n) is 4.24. The van der Waals surface area contributed by atoms with E-state index in [0.29, 0.717) is 5.56 Å². The SMILES string of the molecule is CCN(CC)c1cc(-c2c(F)cc(Cl)cc2F)cc2c1OC1CCNC[C@@H]21. The first-order valence-corrected chi connectivity index (χ1v) is 9.86. The van der Waals surface area contributed by atoms with Crippen LogP contribution >= 0.6 is 11.6 Å². The van der Waals surface area contributed by atoms with Crippen molar-refractivity contribution in [2.24, 2.45) is 0 Å². The summed E-state index contributed by atoms with van der Waals surface area (Å²) in [6.07, 6.45) is 1.04. The third-order valence-corrected chi connectivity index (χ3v) is 5.80. The van der Waals surface area contributed by atoms with Gasteiger partial charge in [-0.15, -0.1) is 0 Å². The van der Waals surface area contributed by atoms with Gasteiger partial charge in [-0.2, -0.15) is 0 Å². The third kappa shape index (κ3) is 3.17. The number of fused-ring (bicyclic) bond motifs is 3. The molecule has 4 rings (SSSR count). The molecule has 0 amide bonds. The zero-order valence-electron chi connectivity index (χ0n) is 15.5. The Hall–Kier alpha value is -1.85. The highest BCUT2D eigenvalue weighted by atomic mass is 35.5. The number of rotatable bonds is 4. The van der Waals surface area contributed by atoms with Crippen molar-refractivity contribution in [2.75, 3.05) is 31.1 Å². The van der Waals surface area contributed by atoms with Crippen molar-refractivity contribution in [2.45, 2.75) is 32.3 Å². The summed E-state index contributed by atoms with van der Waals surface area (Å²) < 4.78 is 35.5. The van der Waals surface area contributed by atoms with Crippen LogP contribution in [-0.2, 0) is 0 Å². The van der Waals surface area contributed by atoms with Crippen molar-refractivity contribution in [3.05, 3.63) is 46.5 Å². The van der Waals surface area contributed by atoms with Crippen LogP contribution in [0.4, 0.5) is 14.5 Å². The van der Waals surface area contributed by atoms with Crippen LogP contribution in [0.3, 0.4) is 0 Å². The summed E-state index contributed by atoms with van der Waals surface area (Å²) in [5.74, 6) is -0.247. The Morgan fingerprint density at radius 1 is 1.15 bits per heavy atom. The van der Waals surface area contributed by atoms with E-state index in [2.05, 4.69) is 24.1 Å². The number of anilines is 1. The second kappa shape index (κ2) is 7.28. The van der Waals surface area contributed by atoms with Gasteiger partial charge in [0.15, 0.2) is 0 Å². The first kappa shape index (κ1) is 18.5. The Balaban J connectivity index is 1.91. The Morgan fingerprint density at radius 2 is 1.85 bits per heavy atom. The molecule has 0 aliphatic carbocycles. The summed E-state index contributed by atoms with van der Waals surface area (Å²) in [6, 6.07) is 6.04. The standard InChI is InChI=1S/C21H23ClF2N2O/c1-3-26(4-2)18-8-12(20-16(23)9-13(22)10-17(20)24)7-14-15-11-25-6-5-19(15)27-21(14)18/h7-10,15,19,25H,3-6,11H2,1-2H3/t15-,19?/m0/s1. The van der Waals surface area contributed by atoms with E-state index in [9.17, 15) is 8.78 Å². The molecular formula is C21H23ClF2N2O. The number of benzene rings is 2. The van der Waals surface area contributed by atoms with E-state index in [4.69, 9.17) is 16.3 Å². The molecule has 6 heteroatoms. The van der Waals surface area contributed by atoms with Gasteiger partial charge < -0.3 is 15.0 Å². The maximum absolute atomic E-state index is 14.6. The summed E-state index contributed by atoms with van der Waals surface area (Å²) in [7, 11) is 0. The minimum atomic E-state index is -0.650. The van der Waals surface area contributed by atoms with Gasteiger partial charge in [-0.25, -0.2) is 8.78 Å². The molecule has 0 bridgehead atoms. The van der Waals surface area contributed by atoms with Gasteiger partial charge in [0.2, 0.25) is 0 Å². The average molecular weight is 393 g/mol. The predicted molar refractivity (Wildman–Crippen MR) is 105 cm³/mol. The first-order valence-electron chi connectivity index (χ1n) is 9.48. The zero-order valence-corrected chi connectivity index (χ0v) is 16.2. The normalized spacial score (nSPS) is 20.8. The lowest BCUT2D eigenvalue weighted by Gasteiger charge is -2.25. The van der Waals surface area contributed by atoms with Crippen molar-refractivity contribution in [1.29, 1.82) is 0 Å². The molecule has 0 radical (unpaired) electrons. The fraction of sp³-hybridized carbons (Fsp3) is 0.429. The summed E-state index contributed by atoms with van der Waals surface area (Å²) in [6.45, 7) is 7.43. The highest BCUT2D eigenvalue weighted by Crippen LogP contribution is 2.49. The van der Waals surface area contributed by atoms with E-state index in [1.165, 1.54) is 0 Å². The topological polar surface area (TPSA) is 24.5 Å². The van der Waals surface area contributed by atoms with Crippen molar-refractivity contribution in [3.8, 4) is 16.9 Å². The van der Waals surface area contributed by atoms with Crippen LogP contribution in [0.25, 0.3) is 11.1 Å². The van der Waals surface area contributed by atoms with Crippen LogP contribution in [0.1, 0.15) is 31.7 Å². The van der Waals surface area contributed by atoms with E-state index < -0.39 is 11.6 Å². The molecule has 0 spiro atoms. The van der Waals surface area contributed by atoms with Crippen LogP contribution < -0.4 is 15.0 Å². The number of ether oxygens (including phenoxy) is 1. The number of hydrogen-bond acceptors (Lipinski definition) is 3. The van der Waals surface area contributed by atoms with Gasteiger partial charge in [0, 0.05) is 36.1 Å². The monoisotopic (exact) mass is 392 g/mol. The van der Waals surface area contributed by atoms with Crippen molar-refractivity contribution in [3.63, 3.8) is 0 Å². The highest BCUT2D eigenvalue weighted by molar-refractivity contribution is 6.30. The number of nitrogens with one attached hydrogen (secondary N) is 1. The van der Waals surface area contributed by atoms with Gasteiger partial charge in [-0.1, -0.05) is 11.6 Å². The molecule has 2 aliphatic heterocycles. The molecule has 1 N–H and O–H groups in total. The van der Waals surface area contributed by atoms with Crippen LogP contribution in [-0.4, -0.2) is 32.3 Å². The minimum absolute atomic E-state index is 0.0391. The second-order valence-electron chi connectivity index (χ2n) is 7.09. The molecule has 2 aliphatic rings. The fourth-order valence-corrected chi connectivity index (χ4v) is 4.43. The average Bonchev–Trinajstić information content (AvgIpc) is 3.01. The quantitative estimate of drug-likeness (QED) is 0.795. The number of piperidine rings is 1. The van der Waals surface area contributed by atoms with Crippen molar-refractivity contribution < 1.29 is 13.5 Å².